The van der Waals surface area contributed by atoms with E-state index in [-0.39, 0.29) is 11.8 Å². The largest absolute Gasteiger partial charge is 0.496 e. The number of ether oxygens (including phenoxy) is 1. The summed E-state index contributed by atoms with van der Waals surface area (Å²) in [6, 6.07) is 27.7. The number of nitrogens with zero attached hydrogens (tertiary/aromatic N) is 1. The first-order valence-electron chi connectivity index (χ1n) is 11.8. The van der Waals surface area contributed by atoms with Crippen LogP contribution in [-0.4, -0.2) is 17.6 Å². The molecule has 5 aromatic rings. The topological polar surface area (TPSA) is 31.2 Å². The predicted octanol–water partition coefficient (Wildman–Crippen LogP) is 8.18. The number of para-hydroxylation sites is 1. The van der Waals surface area contributed by atoms with Gasteiger partial charge >= 0.3 is 6.18 Å². The molecule has 6 heteroatoms. The van der Waals surface area contributed by atoms with Crippen molar-refractivity contribution >= 4 is 16.8 Å². The van der Waals surface area contributed by atoms with Gasteiger partial charge in [-0.15, -0.1) is 0 Å². The molecule has 1 aromatic heterocycles. The van der Waals surface area contributed by atoms with E-state index in [0.29, 0.717) is 22.4 Å². The molecular formula is C31H24F3NO2. The summed E-state index contributed by atoms with van der Waals surface area (Å²) in [6.07, 6.45) is -2.52. The van der Waals surface area contributed by atoms with E-state index in [1.165, 1.54) is 19.2 Å². The SMILES string of the molecule is COc1ccc(C(C)c2cn(C(=O)c3ccccc3)c3ccccc23)cc1-c1ccc(C(F)(F)F)cc1. The first-order valence-corrected chi connectivity index (χ1v) is 11.8. The lowest BCUT2D eigenvalue weighted by Gasteiger charge is -2.16. The number of aromatic nitrogens is 1. The molecule has 0 amide bonds. The Bertz CT molecular complexity index is 1570. The Morgan fingerprint density at radius 2 is 1.54 bits per heavy atom. The first kappa shape index (κ1) is 24.4. The molecule has 5 rings (SSSR count). The molecule has 0 bridgehead atoms. The molecule has 37 heavy (non-hydrogen) atoms. The molecule has 4 aromatic carbocycles. The zero-order valence-electron chi connectivity index (χ0n) is 20.3. The molecule has 0 radical (unpaired) electrons. The molecule has 0 aliphatic rings. The third kappa shape index (κ3) is 4.62. The van der Waals surface area contributed by atoms with Crippen LogP contribution in [0.4, 0.5) is 13.2 Å². The highest BCUT2D eigenvalue weighted by Gasteiger charge is 2.30. The first-order chi connectivity index (χ1) is 17.8. The minimum Gasteiger partial charge on any atom is -0.496 e. The Kier molecular flexibility index (Phi) is 6.34. The van der Waals surface area contributed by atoms with Crippen LogP contribution in [0, 0.1) is 0 Å². The number of alkyl halides is 3. The van der Waals surface area contributed by atoms with Gasteiger partial charge < -0.3 is 4.74 Å². The van der Waals surface area contributed by atoms with Crippen LogP contribution in [0.5, 0.6) is 5.75 Å². The summed E-state index contributed by atoms with van der Waals surface area (Å²) in [5, 5.41) is 0.964. The van der Waals surface area contributed by atoms with E-state index in [0.717, 1.165) is 34.2 Å². The Balaban J connectivity index is 1.57. The molecule has 0 saturated carbocycles. The van der Waals surface area contributed by atoms with Crippen molar-refractivity contribution in [3.8, 4) is 16.9 Å². The van der Waals surface area contributed by atoms with Gasteiger partial charge in [-0.05, 0) is 59.2 Å². The normalized spacial score (nSPS) is 12.5. The van der Waals surface area contributed by atoms with Crippen molar-refractivity contribution in [3.63, 3.8) is 0 Å². The third-order valence-electron chi connectivity index (χ3n) is 6.70. The van der Waals surface area contributed by atoms with E-state index < -0.39 is 11.7 Å². The standard InChI is InChI=1S/C31H24F3NO2/c1-20(23-14-17-29(37-2)26(18-23)21-12-15-24(16-13-21)31(32,33)34)27-19-35(28-11-7-6-10-25(27)28)30(36)22-8-4-3-5-9-22/h3-20H,1-2H3. The fourth-order valence-electron chi connectivity index (χ4n) is 4.68. The molecule has 0 N–H and O–H groups in total. The molecule has 0 aliphatic carbocycles. The zero-order valence-corrected chi connectivity index (χ0v) is 20.3. The second-order valence-electron chi connectivity index (χ2n) is 8.90. The Labute approximate surface area is 212 Å². The van der Waals surface area contributed by atoms with Crippen LogP contribution in [-0.2, 0) is 6.18 Å². The molecule has 186 valence electrons. The van der Waals surface area contributed by atoms with Crippen molar-refractivity contribution in [3.05, 3.63) is 126 Å². The van der Waals surface area contributed by atoms with Crippen molar-refractivity contribution in [1.82, 2.24) is 4.57 Å². The van der Waals surface area contributed by atoms with Crippen LogP contribution in [0.1, 0.15) is 39.9 Å². The molecule has 0 aliphatic heterocycles. The zero-order chi connectivity index (χ0) is 26.2. The van der Waals surface area contributed by atoms with Gasteiger partial charge in [-0.3, -0.25) is 9.36 Å². The van der Waals surface area contributed by atoms with Gasteiger partial charge in [-0.1, -0.05) is 61.5 Å². The highest BCUT2D eigenvalue weighted by Crippen LogP contribution is 2.38. The van der Waals surface area contributed by atoms with Gasteiger partial charge in [-0.2, -0.15) is 13.2 Å². The van der Waals surface area contributed by atoms with Crippen molar-refractivity contribution < 1.29 is 22.7 Å². The average molecular weight is 500 g/mol. The highest BCUT2D eigenvalue weighted by atomic mass is 19.4. The summed E-state index contributed by atoms with van der Waals surface area (Å²) in [5.41, 5.74) is 3.96. The minimum atomic E-state index is -4.40. The fourth-order valence-corrected chi connectivity index (χ4v) is 4.68. The van der Waals surface area contributed by atoms with Crippen LogP contribution >= 0.6 is 0 Å². The monoisotopic (exact) mass is 499 g/mol. The van der Waals surface area contributed by atoms with Crippen LogP contribution in [0.2, 0.25) is 0 Å². The predicted molar refractivity (Wildman–Crippen MR) is 139 cm³/mol. The maximum Gasteiger partial charge on any atom is 0.416 e. The number of carbonyl (C=O) groups is 1. The summed E-state index contributed by atoms with van der Waals surface area (Å²) in [4.78, 5) is 13.3. The molecule has 0 fully saturated rings. The minimum absolute atomic E-state index is 0.103. The molecule has 0 spiro atoms. The molecule has 1 heterocycles. The lowest BCUT2D eigenvalue weighted by atomic mass is 9.90. The lowest BCUT2D eigenvalue weighted by molar-refractivity contribution is -0.137. The maximum absolute atomic E-state index is 13.3. The van der Waals surface area contributed by atoms with Gasteiger partial charge in [0.05, 0.1) is 18.2 Å². The number of methoxy groups -OCH3 is 1. The number of benzene rings is 4. The average Bonchev–Trinajstić information content (AvgIpc) is 3.31. The van der Waals surface area contributed by atoms with E-state index in [4.69, 9.17) is 4.74 Å². The Morgan fingerprint density at radius 3 is 2.22 bits per heavy atom. The van der Waals surface area contributed by atoms with E-state index >= 15 is 0 Å². The van der Waals surface area contributed by atoms with Crippen molar-refractivity contribution in [2.45, 2.75) is 19.0 Å². The van der Waals surface area contributed by atoms with E-state index in [2.05, 4.69) is 6.92 Å². The second-order valence-corrected chi connectivity index (χ2v) is 8.90. The number of fused-ring (bicyclic) bond motifs is 1. The highest BCUT2D eigenvalue weighted by molar-refractivity contribution is 6.03. The van der Waals surface area contributed by atoms with Gasteiger partial charge in [0.2, 0.25) is 0 Å². The summed E-state index contributed by atoms with van der Waals surface area (Å²) in [7, 11) is 1.54. The Morgan fingerprint density at radius 1 is 0.865 bits per heavy atom. The van der Waals surface area contributed by atoms with Crippen LogP contribution in [0.15, 0.2) is 103 Å². The van der Waals surface area contributed by atoms with Gasteiger partial charge in [0, 0.05) is 28.6 Å². The van der Waals surface area contributed by atoms with Crippen LogP contribution in [0.3, 0.4) is 0 Å². The van der Waals surface area contributed by atoms with Crippen molar-refractivity contribution in [1.29, 1.82) is 0 Å². The molecule has 1 atom stereocenters. The van der Waals surface area contributed by atoms with Gasteiger partial charge in [0.1, 0.15) is 5.75 Å². The van der Waals surface area contributed by atoms with Gasteiger partial charge in [-0.25, -0.2) is 0 Å². The molecule has 3 nitrogen and oxygen atoms in total. The van der Waals surface area contributed by atoms with E-state index in [1.807, 2.05) is 66.9 Å². The number of rotatable bonds is 5. The fraction of sp³-hybridized carbons (Fsp3) is 0.129. The molecular weight excluding hydrogens is 475 g/mol. The van der Waals surface area contributed by atoms with E-state index in [9.17, 15) is 18.0 Å². The smallest absolute Gasteiger partial charge is 0.416 e. The summed E-state index contributed by atoms with van der Waals surface area (Å²) < 4.78 is 46.4. The number of hydrogen-bond acceptors (Lipinski definition) is 2. The summed E-state index contributed by atoms with van der Waals surface area (Å²) >= 11 is 0. The summed E-state index contributed by atoms with van der Waals surface area (Å²) in [5.74, 6) is 0.349. The third-order valence-corrected chi connectivity index (χ3v) is 6.70. The van der Waals surface area contributed by atoms with Gasteiger partial charge in [0.15, 0.2) is 0 Å². The number of halogens is 3. The quantitative estimate of drug-likeness (QED) is 0.244. The van der Waals surface area contributed by atoms with Crippen molar-refractivity contribution in [2.24, 2.45) is 0 Å². The number of hydrogen-bond donors (Lipinski definition) is 0. The van der Waals surface area contributed by atoms with Crippen LogP contribution < -0.4 is 4.74 Å². The second kappa shape index (κ2) is 9.62. The molecule has 0 saturated heterocycles. The van der Waals surface area contributed by atoms with Crippen molar-refractivity contribution in [2.75, 3.05) is 7.11 Å². The maximum atomic E-state index is 13.3. The van der Waals surface area contributed by atoms with E-state index in [1.54, 1.807) is 16.7 Å². The Hall–Kier alpha value is -4.32. The lowest BCUT2D eigenvalue weighted by Crippen LogP contribution is -2.10. The number of carbonyl (C=O) groups excluding carboxylic acids is 1. The summed E-state index contributed by atoms with van der Waals surface area (Å²) in [6.45, 7) is 2.05. The molecule has 1 unspecified atom stereocenters. The van der Waals surface area contributed by atoms with Gasteiger partial charge in [0.25, 0.3) is 5.91 Å². The van der Waals surface area contributed by atoms with Crippen LogP contribution in [0.25, 0.3) is 22.0 Å².